The van der Waals surface area contributed by atoms with Gasteiger partial charge in [-0.25, -0.2) is 9.59 Å². The van der Waals surface area contributed by atoms with E-state index < -0.39 is 11.6 Å². The van der Waals surface area contributed by atoms with Crippen LogP contribution in [0.4, 0.5) is 0 Å². The topological polar surface area (TPSA) is 87.7 Å². The Labute approximate surface area is 198 Å². The fourth-order valence-corrected chi connectivity index (χ4v) is 4.58. The summed E-state index contributed by atoms with van der Waals surface area (Å²) in [5.41, 5.74) is -0.392. The summed E-state index contributed by atoms with van der Waals surface area (Å²) in [5, 5.41) is 19.7. The summed E-state index contributed by atoms with van der Waals surface area (Å²) in [4.78, 5) is 23.8. The minimum Gasteiger partial charge on any atom is -0.508 e. The zero-order chi connectivity index (χ0) is 23.9. The highest BCUT2D eigenvalue weighted by molar-refractivity contribution is 5.95. The predicted octanol–water partition coefficient (Wildman–Crippen LogP) is 8.00. The summed E-state index contributed by atoms with van der Waals surface area (Å²) in [5.74, 6) is -1.27. The molecule has 0 aliphatic carbocycles. The molecule has 184 valence electrons. The van der Waals surface area contributed by atoms with Crippen LogP contribution in [0.3, 0.4) is 0 Å². The molecule has 0 radical (unpaired) electrons. The number of carbonyl (C=O) groups is 1. The minimum atomic E-state index is -1.26. The molecule has 0 aliphatic heterocycles. The van der Waals surface area contributed by atoms with Crippen molar-refractivity contribution in [3.8, 4) is 5.75 Å². The molecule has 33 heavy (non-hydrogen) atoms. The van der Waals surface area contributed by atoms with E-state index in [1.54, 1.807) is 6.07 Å². The van der Waals surface area contributed by atoms with Crippen molar-refractivity contribution < 1.29 is 19.4 Å². The maximum Gasteiger partial charge on any atom is 0.351 e. The number of rotatable bonds is 18. The Hall–Kier alpha value is -2.30. The number of carboxylic acids is 1. The van der Waals surface area contributed by atoms with Crippen LogP contribution in [0.15, 0.2) is 27.4 Å². The first-order chi connectivity index (χ1) is 16.0. The lowest BCUT2D eigenvalue weighted by atomic mass is 9.97. The van der Waals surface area contributed by atoms with Gasteiger partial charge in [0.15, 0.2) is 0 Å². The lowest BCUT2D eigenvalue weighted by Gasteiger charge is -2.09. The number of aryl methyl sites for hydroxylation is 1. The maximum absolute atomic E-state index is 12.1. The number of benzene rings is 1. The van der Waals surface area contributed by atoms with E-state index in [9.17, 15) is 19.8 Å². The molecule has 0 bridgehead atoms. The van der Waals surface area contributed by atoms with Gasteiger partial charge in [-0.15, -0.1) is 0 Å². The number of phenolic OH excluding ortho intramolecular Hbond substituents is 1. The molecular weight excluding hydrogens is 416 g/mol. The summed E-state index contributed by atoms with van der Waals surface area (Å²) in [6.45, 7) is 2.26. The van der Waals surface area contributed by atoms with Crippen molar-refractivity contribution in [1.29, 1.82) is 0 Å². The van der Waals surface area contributed by atoms with Gasteiger partial charge in [-0.2, -0.15) is 0 Å². The van der Waals surface area contributed by atoms with Crippen LogP contribution < -0.4 is 5.63 Å². The smallest absolute Gasteiger partial charge is 0.351 e. The molecule has 5 nitrogen and oxygen atoms in total. The summed E-state index contributed by atoms with van der Waals surface area (Å²) in [7, 11) is 0. The average Bonchev–Trinajstić information content (AvgIpc) is 2.78. The van der Waals surface area contributed by atoms with Crippen LogP contribution in [0.2, 0.25) is 0 Å². The van der Waals surface area contributed by atoms with Crippen LogP contribution in [0.25, 0.3) is 11.0 Å². The standard InChI is InChI=1S/C28H42O5/c1-2-3-4-5-6-7-8-9-10-11-12-13-14-15-16-17-18-24-23-20-19-22(29)21-25(23)33-28(32)26(24)27(30)31/h19-21,29H,2-18H2,1H3,(H,30,31). The molecule has 0 saturated heterocycles. The third kappa shape index (κ3) is 9.61. The number of hydrogen-bond donors (Lipinski definition) is 2. The van der Waals surface area contributed by atoms with Gasteiger partial charge in [0.2, 0.25) is 0 Å². The fourth-order valence-electron chi connectivity index (χ4n) is 4.58. The van der Waals surface area contributed by atoms with E-state index in [-0.39, 0.29) is 16.9 Å². The van der Waals surface area contributed by atoms with Crippen molar-refractivity contribution in [3.63, 3.8) is 0 Å². The molecule has 5 heteroatoms. The average molecular weight is 459 g/mol. The molecule has 2 rings (SSSR count). The van der Waals surface area contributed by atoms with Crippen molar-refractivity contribution in [2.75, 3.05) is 0 Å². The molecule has 0 amide bonds. The monoisotopic (exact) mass is 458 g/mol. The third-order valence-electron chi connectivity index (χ3n) is 6.49. The second-order valence-corrected chi connectivity index (χ2v) is 9.28. The summed E-state index contributed by atoms with van der Waals surface area (Å²) < 4.78 is 5.11. The second-order valence-electron chi connectivity index (χ2n) is 9.28. The molecule has 1 aromatic heterocycles. The molecule has 0 fully saturated rings. The largest absolute Gasteiger partial charge is 0.508 e. The van der Waals surface area contributed by atoms with Crippen LogP contribution >= 0.6 is 0 Å². The Morgan fingerprint density at radius 1 is 0.788 bits per heavy atom. The van der Waals surface area contributed by atoms with Crippen LogP contribution in [-0.4, -0.2) is 16.2 Å². The number of phenols is 1. The minimum absolute atomic E-state index is 0.0120. The molecule has 2 N–H and O–H groups in total. The van der Waals surface area contributed by atoms with Crippen LogP contribution in [-0.2, 0) is 6.42 Å². The van der Waals surface area contributed by atoms with Gasteiger partial charge >= 0.3 is 11.6 Å². The Morgan fingerprint density at radius 3 is 1.76 bits per heavy atom. The first-order valence-electron chi connectivity index (χ1n) is 13.1. The van der Waals surface area contributed by atoms with Gasteiger partial charge in [0, 0.05) is 11.5 Å². The molecular formula is C28H42O5. The van der Waals surface area contributed by atoms with Gasteiger partial charge in [-0.05, 0) is 30.5 Å². The SMILES string of the molecule is CCCCCCCCCCCCCCCCCCc1c(C(=O)O)c(=O)oc2cc(O)ccc12. The van der Waals surface area contributed by atoms with Gasteiger partial charge in [0.1, 0.15) is 16.9 Å². The zero-order valence-electron chi connectivity index (χ0n) is 20.4. The van der Waals surface area contributed by atoms with Crippen molar-refractivity contribution in [3.05, 3.63) is 39.7 Å². The van der Waals surface area contributed by atoms with Gasteiger partial charge in [-0.1, -0.05) is 103 Å². The quantitative estimate of drug-likeness (QED) is 0.174. The zero-order valence-corrected chi connectivity index (χ0v) is 20.4. The predicted molar refractivity (Wildman–Crippen MR) is 134 cm³/mol. The van der Waals surface area contributed by atoms with E-state index in [1.807, 2.05) is 0 Å². The summed E-state index contributed by atoms with van der Waals surface area (Å²) >= 11 is 0. The molecule has 0 aliphatic rings. The van der Waals surface area contributed by atoms with Crippen LogP contribution in [0, 0.1) is 0 Å². The number of unbranched alkanes of at least 4 members (excludes halogenated alkanes) is 15. The van der Waals surface area contributed by atoms with E-state index in [2.05, 4.69) is 6.92 Å². The molecule has 1 heterocycles. The van der Waals surface area contributed by atoms with E-state index in [0.717, 1.165) is 19.3 Å². The van der Waals surface area contributed by atoms with Crippen LogP contribution in [0.5, 0.6) is 5.75 Å². The highest BCUT2D eigenvalue weighted by Crippen LogP contribution is 2.26. The van der Waals surface area contributed by atoms with Gasteiger partial charge in [0.05, 0.1) is 0 Å². The lowest BCUT2D eigenvalue weighted by molar-refractivity contribution is 0.0691. The number of aromatic carboxylic acids is 1. The summed E-state index contributed by atoms with van der Waals surface area (Å²) in [6.07, 6.45) is 21.0. The van der Waals surface area contributed by atoms with Crippen molar-refractivity contribution >= 4 is 16.9 Å². The van der Waals surface area contributed by atoms with E-state index in [0.29, 0.717) is 17.4 Å². The first-order valence-corrected chi connectivity index (χ1v) is 13.1. The highest BCUT2D eigenvalue weighted by Gasteiger charge is 2.20. The normalized spacial score (nSPS) is 11.3. The van der Waals surface area contributed by atoms with Crippen molar-refractivity contribution in [1.82, 2.24) is 0 Å². The molecule has 0 saturated carbocycles. The van der Waals surface area contributed by atoms with Gasteiger partial charge in [0.25, 0.3) is 0 Å². The fraction of sp³-hybridized carbons (Fsp3) is 0.643. The molecule has 0 unspecified atom stereocenters. The molecule has 2 aromatic rings. The van der Waals surface area contributed by atoms with Crippen molar-refractivity contribution in [2.24, 2.45) is 0 Å². The highest BCUT2D eigenvalue weighted by atomic mass is 16.4. The van der Waals surface area contributed by atoms with Gasteiger partial charge < -0.3 is 14.6 Å². The number of aromatic hydroxyl groups is 1. The molecule has 0 atom stereocenters. The van der Waals surface area contributed by atoms with E-state index in [1.165, 1.54) is 95.6 Å². The van der Waals surface area contributed by atoms with E-state index in [4.69, 9.17) is 4.42 Å². The number of fused-ring (bicyclic) bond motifs is 1. The Bertz CT molecular complexity index is 899. The maximum atomic E-state index is 12.1. The van der Waals surface area contributed by atoms with Crippen LogP contribution in [0.1, 0.15) is 126 Å². The van der Waals surface area contributed by atoms with E-state index >= 15 is 0 Å². The lowest BCUT2D eigenvalue weighted by Crippen LogP contribution is -2.17. The number of hydrogen-bond acceptors (Lipinski definition) is 4. The van der Waals surface area contributed by atoms with Crippen molar-refractivity contribution in [2.45, 2.75) is 116 Å². The Morgan fingerprint density at radius 2 is 1.27 bits per heavy atom. The number of carboxylic acid groups (broad SMARTS) is 1. The first kappa shape index (κ1) is 26.9. The second kappa shape index (κ2) is 15.5. The Balaban J connectivity index is 1.61. The molecule has 0 spiro atoms. The third-order valence-corrected chi connectivity index (χ3v) is 6.49. The Kier molecular flexibility index (Phi) is 12.7. The summed E-state index contributed by atoms with van der Waals surface area (Å²) in [6, 6.07) is 4.48. The van der Waals surface area contributed by atoms with Gasteiger partial charge in [-0.3, -0.25) is 0 Å². The molecule has 1 aromatic carbocycles.